The summed E-state index contributed by atoms with van der Waals surface area (Å²) in [6, 6.07) is 3.26. The van der Waals surface area contributed by atoms with Crippen molar-refractivity contribution in [2.24, 2.45) is 34.8 Å². The maximum atomic E-state index is 14.3. The van der Waals surface area contributed by atoms with Crippen molar-refractivity contribution in [1.82, 2.24) is 20.9 Å². The number of hydrogen-bond acceptors (Lipinski definition) is 7. The van der Waals surface area contributed by atoms with Gasteiger partial charge in [0.15, 0.2) is 0 Å². The summed E-state index contributed by atoms with van der Waals surface area (Å²) in [7, 11) is 0. The molecule has 12 heteroatoms. The minimum absolute atomic E-state index is 0.0297. The van der Waals surface area contributed by atoms with Crippen molar-refractivity contribution < 1.29 is 33.5 Å². The van der Waals surface area contributed by atoms with E-state index in [0.29, 0.717) is 25.7 Å². The Labute approximate surface area is 283 Å². The molecule has 1 aromatic carbocycles. The molecule has 1 heterocycles. The van der Waals surface area contributed by atoms with Crippen LogP contribution in [0.5, 0.6) is 0 Å². The molecule has 0 aromatic heterocycles. The zero-order valence-electron chi connectivity index (χ0n) is 29.3. The Bertz CT molecular complexity index is 1370. The van der Waals surface area contributed by atoms with Crippen LogP contribution in [0.15, 0.2) is 24.3 Å². The monoisotopic (exact) mass is 667 g/mol. The van der Waals surface area contributed by atoms with Crippen molar-refractivity contribution in [2.45, 2.75) is 117 Å². The van der Waals surface area contributed by atoms with Gasteiger partial charge in [-0.05, 0) is 53.1 Å². The van der Waals surface area contributed by atoms with Crippen LogP contribution in [0.3, 0.4) is 0 Å². The standard InChI is InChI=1S/C36H53N5O7/c1-19(2)25-14-15-41(28(25)32(44)38-26(16-21-12-13-21)29(42)31(37)43)33(45)30(36(5,6)7)40-35(47)39-27(20(3)4)34(46)48-24-17-22-10-8-9-11-23(22)18-24/h8-11,19-21,24-28,30H,12-18H2,1-7H3,(H2,37,43)(H,38,44)(H2,39,40,47)/t25-,26?,27+,28+,30-/m1/s1. The van der Waals surface area contributed by atoms with Crippen molar-refractivity contribution in [3.05, 3.63) is 35.4 Å². The van der Waals surface area contributed by atoms with Crippen molar-refractivity contribution >= 4 is 35.5 Å². The summed E-state index contributed by atoms with van der Waals surface area (Å²) >= 11 is 0. The number of urea groups is 1. The highest BCUT2D eigenvalue weighted by Gasteiger charge is 2.48. The Morgan fingerprint density at radius 1 is 0.917 bits per heavy atom. The van der Waals surface area contributed by atoms with E-state index in [0.717, 1.165) is 24.0 Å². The van der Waals surface area contributed by atoms with Crippen molar-refractivity contribution in [3.63, 3.8) is 0 Å². The van der Waals surface area contributed by atoms with Crippen LogP contribution in [0.4, 0.5) is 4.79 Å². The van der Waals surface area contributed by atoms with E-state index in [1.165, 1.54) is 4.90 Å². The molecule has 1 aromatic rings. The second kappa shape index (κ2) is 15.1. The first-order valence-electron chi connectivity index (χ1n) is 17.3. The SMILES string of the molecule is CC(C)[C@H](NC(=O)N[C@H](C(=O)N1CC[C@H](C(C)C)[C@H]1C(=O)NC(CC1CC1)C(=O)C(N)=O)C(C)(C)C)C(=O)OC1Cc2ccccc2C1. The van der Waals surface area contributed by atoms with E-state index < -0.39 is 65.1 Å². The summed E-state index contributed by atoms with van der Waals surface area (Å²) in [6.07, 6.45) is 3.59. The summed E-state index contributed by atoms with van der Waals surface area (Å²) in [5.74, 6) is -3.72. The molecule has 0 radical (unpaired) electrons. The molecule has 3 aliphatic rings. The number of carbonyl (C=O) groups excluding carboxylic acids is 6. The summed E-state index contributed by atoms with van der Waals surface area (Å²) < 4.78 is 5.83. The Kier molecular flexibility index (Phi) is 11.6. The van der Waals surface area contributed by atoms with Crippen LogP contribution in [0.25, 0.3) is 0 Å². The van der Waals surface area contributed by atoms with E-state index in [2.05, 4.69) is 16.0 Å². The van der Waals surface area contributed by atoms with Gasteiger partial charge in [-0.1, -0.05) is 85.6 Å². The zero-order valence-corrected chi connectivity index (χ0v) is 29.3. The lowest BCUT2D eigenvalue weighted by Gasteiger charge is -2.37. The largest absolute Gasteiger partial charge is 0.460 e. The molecule has 1 aliphatic heterocycles. The first-order chi connectivity index (χ1) is 22.5. The molecule has 5 atom stereocenters. The van der Waals surface area contributed by atoms with Gasteiger partial charge in [-0.25, -0.2) is 9.59 Å². The van der Waals surface area contributed by atoms with Gasteiger partial charge < -0.3 is 31.3 Å². The number of ether oxygens (including phenoxy) is 1. The minimum Gasteiger partial charge on any atom is -0.460 e. The maximum absolute atomic E-state index is 14.3. The van der Waals surface area contributed by atoms with Crippen molar-refractivity contribution in [1.29, 1.82) is 0 Å². The number of Topliss-reactive ketones (excluding diaryl/α,β-unsaturated/α-hetero) is 1. The van der Waals surface area contributed by atoms with Crippen molar-refractivity contribution in [2.75, 3.05) is 6.54 Å². The minimum atomic E-state index is -1.11. The van der Waals surface area contributed by atoms with Crippen molar-refractivity contribution in [3.8, 4) is 0 Å². The van der Waals surface area contributed by atoms with Gasteiger partial charge in [-0.3, -0.25) is 19.2 Å². The number of benzene rings is 1. The molecule has 0 spiro atoms. The summed E-state index contributed by atoms with van der Waals surface area (Å²) in [5, 5.41) is 8.29. The lowest BCUT2D eigenvalue weighted by molar-refractivity contribution is -0.152. The van der Waals surface area contributed by atoms with Gasteiger partial charge in [-0.2, -0.15) is 0 Å². The number of nitrogens with zero attached hydrogens (tertiary/aromatic N) is 1. The van der Waals surface area contributed by atoms with E-state index >= 15 is 0 Å². The highest BCUT2D eigenvalue weighted by molar-refractivity contribution is 6.37. The number of esters is 1. The molecule has 5 amide bonds. The number of likely N-dealkylation sites (tertiary alicyclic amines) is 1. The quantitative estimate of drug-likeness (QED) is 0.185. The molecule has 2 aliphatic carbocycles. The zero-order chi connectivity index (χ0) is 35.5. The van der Waals surface area contributed by atoms with E-state index in [-0.39, 0.29) is 36.3 Å². The molecular weight excluding hydrogens is 614 g/mol. The third kappa shape index (κ3) is 8.93. The molecule has 5 N–H and O–H groups in total. The fraction of sp³-hybridized carbons (Fsp3) is 0.667. The Morgan fingerprint density at radius 3 is 2.02 bits per heavy atom. The van der Waals surface area contributed by atoms with E-state index in [9.17, 15) is 28.8 Å². The molecule has 48 heavy (non-hydrogen) atoms. The van der Waals surface area contributed by atoms with Crippen LogP contribution >= 0.6 is 0 Å². The van der Waals surface area contributed by atoms with Crippen LogP contribution in [0.2, 0.25) is 0 Å². The normalized spacial score (nSPS) is 21.3. The molecule has 2 fully saturated rings. The first-order valence-corrected chi connectivity index (χ1v) is 17.3. The van der Waals surface area contributed by atoms with Gasteiger partial charge >= 0.3 is 12.0 Å². The molecule has 0 bridgehead atoms. The van der Waals surface area contributed by atoms with Gasteiger partial charge in [0.1, 0.15) is 24.2 Å². The smallest absolute Gasteiger partial charge is 0.329 e. The van der Waals surface area contributed by atoms with E-state index in [4.69, 9.17) is 10.5 Å². The topological polar surface area (TPSA) is 177 Å². The lowest BCUT2D eigenvalue weighted by Crippen LogP contribution is -2.62. The molecule has 4 rings (SSSR count). The number of primary amides is 1. The molecule has 12 nitrogen and oxygen atoms in total. The number of fused-ring (bicyclic) bond motifs is 1. The molecular formula is C36H53N5O7. The fourth-order valence-corrected chi connectivity index (χ4v) is 6.91. The number of amides is 5. The lowest BCUT2D eigenvalue weighted by atomic mass is 9.84. The number of nitrogens with one attached hydrogen (secondary N) is 3. The molecule has 1 saturated carbocycles. The highest BCUT2D eigenvalue weighted by atomic mass is 16.5. The predicted octanol–water partition coefficient (Wildman–Crippen LogP) is 2.65. The number of carbonyl (C=O) groups is 6. The maximum Gasteiger partial charge on any atom is 0.329 e. The van der Waals surface area contributed by atoms with Gasteiger partial charge in [-0.15, -0.1) is 0 Å². The van der Waals surface area contributed by atoms with Gasteiger partial charge in [0.2, 0.25) is 17.6 Å². The predicted molar refractivity (Wildman–Crippen MR) is 179 cm³/mol. The highest BCUT2D eigenvalue weighted by Crippen LogP contribution is 2.36. The second-order valence-corrected chi connectivity index (χ2v) is 15.5. The van der Waals surface area contributed by atoms with Crippen LogP contribution in [0.1, 0.15) is 85.3 Å². The number of rotatable bonds is 13. The van der Waals surface area contributed by atoms with Crippen LogP contribution < -0.4 is 21.7 Å². The number of hydrogen-bond donors (Lipinski definition) is 4. The second-order valence-electron chi connectivity index (χ2n) is 15.5. The summed E-state index contributed by atoms with van der Waals surface area (Å²) in [6.45, 7) is 13.3. The summed E-state index contributed by atoms with van der Waals surface area (Å²) in [5.41, 5.74) is 6.80. The van der Waals surface area contributed by atoms with Gasteiger partial charge in [0, 0.05) is 19.4 Å². The fourth-order valence-electron chi connectivity index (χ4n) is 6.91. The van der Waals surface area contributed by atoms with Gasteiger partial charge in [0.05, 0.1) is 6.04 Å². The number of ketones is 1. The third-order valence-corrected chi connectivity index (χ3v) is 9.89. The van der Waals surface area contributed by atoms with Gasteiger partial charge in [0.25, 0.3) is 5.91 Å². The Balaban J connectivity index is 1.47. The van der Waals surface area contributed by atoms with Crippen LogP contribution in [0, 0.1) is 29.1 Å². The number of nitrogens with two attached hydrogens (primary N) is 1. The average molecular weight is 668 g/mol. The summed E-state index contributed by atoms with van der Waals surface area (Å²) in [4.78, 5) is 80.8. The van der Waals surface area contributed by atoms with Crippen LogP contribution in [-0.4, -0.2) is 77.2 Å². The van der Waals surface area contributed by atoms with E-state index in [1.54, 1.807) is 13.8 Å². The van der Waals surface area contributed by atoms with E-state index in [1.807, 2.05) is 58.9 Å². The Hall–Kier alpha value is -3.96. The molecule has 1 unspecified atom stereocenters. The van der Waals surface area contributed by atoms with Crippen LogP contribution in [-0.2, 0) is 41.6 Å². The third-order valence-electron chi connectivity index (χ3n) is 9.89. The average Bonchev–Trinajstić information content (AvgIpc) is 3.54. The first kappa shape index (κ1) is 36.9. The molecule has 264 valence electrons. The Morgan fingerprint density at radius 2 is 1.52 bits per heavy atom. The molecule has 1 saturated heterocycles.